The molecule has 0 bridgehead atoms. The molecule has 3 aromatic heterocycles. The summed E-state index contributed by atoms with van der Waals surface area (Å²) in [7, 11) is 2.09. The molecule has 7 heteroatoms. The fourth-order valence-electron chi connectivity index (χ4n) is 4.88. The predicted octanol–water partition coefficient (Wildman–Crippen LogP) is 4.16. The Morgan fingerprint density at radius 1 is 1.06 bits per heavy atom. The number of benzene rings is 2. The van der Waals surface area contributed by atoms with Crippen molar-refractivity contribution in [1.82, 2.24) is 29.7 Å². The van der Waals surface area contributed by atoms with Crippen LogP contribution in [0, 0.1) is 0 Å². The molecular weight excluding hydrogens is 424 g/mol. The average molecular weight is 451 g/mol. The number of piperazine rings is 1. The second-order valence-electron chi connectivity index (χ2n) is 9.00. The predicted molar refractivity (Wildman–Crippen MR) is 133 cm³/mol. The molecule has 170 valence electrons. The summed E-state index contributed by atoms with van der Waals surface area (Å²) < 4.78 is 0. The van der Waals surface area contributed by atoms with E-state index < -0.39 is 0 Å². The molecule has 1 fully saturated rings. The topological polar surface area (TPSA) is 80.9 Å². The van der Waals surface area contributed by atoms with Crippen molar-refractivity contribution in [2.24, 2.45) is 0 Å². The molecule has 2 N–H and O–H groups in total. The number of fused-ring (bicyclic) bond motifs is 2. The molecule has 0 spiro atoms. The molecule has 1 aliphatic rings. The fourth-order valence-corrected chi connectivity index (χ4v) is 4.88. The molecule has 0 saturated carbocycles. The van der Waals surface area contributed by atoms with Crippen molar-refractivity contribution in [2.45, 2.75) is 12.5 Å². The van der Waals surface area contributed by atoms with E-state index in [1.54, 1.807) is 6.20 Å². The molecule has 5 aromatic rings. The molecule has 1 unspecified atom stereocenters. The first-order valence-electron chi connectivity index (χ1n) is 11.6. The lowest BCUT2D eigenvalue weighted by Gasteiger charge is -2.39. The van der Waals surface area contributed by atoms with Crippen molar-refractivity contribution in [3.8, 4) is 11.3 Å². The molecule has 34 heavy (non-hydrogen) atoms. The molecule has 1 saturated heterocycles. The van der Waals surface area contributed by atoms with E-state index in [9.17, 15) is 4.79 Å². The van der Waals surface area contributed by atoms with Gasteiger partial charge in [-0.2, -0.15) is 0 Å². The Kier molecular flexibility index (Phi) is 5.11. The number of hydrogen-bond donors (Lipinski definition) is 2. The minimum atomic E-state index is -0.121. The summed E-state index contributed by atoms with van der Waals surface area (Å²) >= 11 is 0. The van der Waals surface area contributed by atoms with Crippen LogP contribution in [-0.4, -0.2) is 62.3 Å². The SMILES string of the molecule is CN1CCN(C(=O)Cc2c[nH]c3ncccc23)C(c2ncc(-c3ccc4ccccc4c3)[nH]2)C1. The number of nitrogens with zero attached hydrogens (tertiary/aromatic N) is 4. The van der Waals surface area contributed by atoms with Crippen molar-refractivity contribution in [3.05, 3.63) is 84.6 Å². The second-order valence-corrected chi connectivity index (χ2v) is 9.00. The fraction of sp³-hybridized carbons (Fsp3) is 0.222. The van der Waals surface area contributed by atoms with E-state index in [1.807, 2.05) is 35.5 Å². The van der Waals surface area contributed by atoms with Crippen molar-refractivity contribution in [2.75, 3.05) is 26.7 Å². The van der Waals surface area contributed by atoms with Crippen LogP contribution in [0.15, 0.2) is 73.2 Å². The van der Waals surface area contributed by atoms with Crippen LogP contribution in [0.25, 0.3) is 33.1 Å². The third-order valence-corrected chi connectivity index (χ3v) is 6.75. The van der Waals surface area contributed by atoms with E-state index in [2.05, 4.69) is 63.3 Å². The van der Waals surface area contributed by atoms with Gasteiger partial charge in [0.1, 0.15) is 17.5 Å². The van der Waals surface area contributed by atoms with Gasteiger partial charge in [-0.1, -0.05) is 36.4 Å². The molecule has 0 radical (unpaired) electrons. The number of carbonyl (C=O) groups excluding carboxylic acids is 1. The van der Waals surface area contributed by atoms with Gasteiger partial charge in [0.15, 0.2) is 0 Å². The van der Waals surface area contributed by atoms with Crippen LogP contribution in [0.1, 0.15) is 17.4 Å². The van der Waals surface area contributed by atoms with Gasteiger partial charge in [-0.3, -0.25) is 4.79 Å². The van der Waals surface area contributed by atoms with E-state index >= 15 is 0 Å². The molecule has 1 aliphatic heterocycles. The monoisotopic (exact) mass is 450 g/mol. The molecular formula is C27H26N6O. The number of hydrogen-bond acceptors (Lipinski definition) is 4. The molecule has 1 amide bonds. The van der Waals surface area contributed by atoms with Gasteiger partial charge in [0, 0.05) is 43.0 Å². The summed E-state index contributed by atoms with van der Waals surface area (Å²) in [6.45, 7) is 2.26. The standard InChI is InChI=1S/C27H26N6O/c1-32-11-12-33(25(34)14-21-15-29-26-22(21)7-4-10-28-26)24(17-32)27-30-16-23(31-27)20-9-8-18-5-2-3-6-19(18)13-20/h2-10,13,15-16,24H,11-12,14,17H2,1H3,(H,28,29)(H,30,31). The summed E-state index contributed by atoms with van der Waals surface area (Å²) in [5.74, 6) is 0.926. The number of carbonyl (C=O) groups is 1. The highest BCUT2D eigenvalue weighted by Crippen LogP contribution is 2.28. The summed E-state index contributed by atoms with van der Waals surface area (Å²) in [6.07, 6.45) is 5.86. The Morgan fingerprint density at radius 3 is 2.85 bits per heavy atom. The Morgan fingerprint density at radius 2 is 1.94 bits per heavy atom. The molecule has 0 aliphatic carbocycles. The second kappa shape index (κ2) is 8.43. The summed E-state index contributed by atoms with van der Waals surface area (Å²) in [5.41, 5.74) is 3.84. The number of imidazole rings is 1. The lowest BCUT2D eigenvalue weighted by atomic mass is 10.1. The zero-order valence-electron chi connectivity index (χ0n) is 19.0. The maximum absolute atomic E-state index is 13.5. The maximum Gasteiger partial charge on any atom is 0.227 e. The first-order chi connectivity index (χ1) is 16.7. The zero-order valence-corrected chi connectivity index (χ0v) is 19.0. The highest BCUT2D eigenvalue weighted by Gasteiger charge is 2.32. The van der Waals surface area contributed by atoms with Crippen LogP contribution in [0.3, 0.4) is 0 Å². The van der Waals surface area contributed by atoms with Crippen LogP contribution in [0.4, 0.5) is 0 Å². The number of aromatic nitrogens is 4. The molecule has 2 aromatic carbocycles. The van der Waals surface area contributed by atoms with E-state index in [1.165, 1.54) is 10.8 Å². The van der Waals surface area contributed by atoms with Crippen molar-refractivity contribution in [1.29, 1.82) is 0 Å². The molecule has 4 heterocycles. The quantitative estimate of drug-likeness (QED) is 0.431. The van der Waals surface area contributed by atoms with Crippen LogP contribution >= 0.6 is 0 Å². The first kappa shape index (κ1) is 20.6. The Labute approximate surface area is 197 Å². The normalized spacial score (nSPS) is 17.0. The average Bonchev–Trinajstić information content (AvgIpc) is 3.52. The van der Waals surface area contributed by atoms with E-state index in [0.717, 1.165) is 46.8 Å². The molecule has 1 atom stereocenters. The molecule has 7 nitrogen and oxygen atoms in total. The Hall–Kier alpha value is -3.97. The minimum Gasteiger partial charge on any atom is -0.346 e. The highest BCUT2D eigenvalue weighted by molar-refractivity contribution is 5.88. The van der Waals surface area contributed by atoms with E-state index in [4.69, 9.17) is 4.98 Å². The van der Waals surface area contributed by atoms with Gasteiger partial charge >= 0.3 is 0 Å². The minimum absolute atomic E-state index is 0.103. The Balaban J connectivity index is 1.28. The van der Waals surface area contributed by atoms with Gasteiger partial charge in [-0.15, -0.1) is 0 Å². The number of pyridine rings is 1. The van der Waals surface area contributed by atoms with Crippen LogP contribution in [0.2, 0.25) is 0 Å². The van der Waals surface area contributed by atoms with Gasteiger partial charge in [-0.25, -0.2) is 9.97 Å². The van der Waals surface area contributed by atoms with Crippen LogP contribution < -0.4 is 0 Å². The third-order valence-electron chi connectivity index (χ3n) is 6.75. The highest BCUT2D eigenvalue weighted by atomic mass is 16.2. The van der Waals surface area contributed by atoms with E-state index in [0.29, 0.717) is 13.0 Å². The smallest absolute Gasteiger partial charge is 0.227 e. The number of nitrogens with one attached hydrogen (secondary N) is 2. The number of rotatable bonds is 4. The number of likely N-dealkylation sites (N-methyl/N-ethyl adjacent to an activating group) is 1. The zero-order chi connectivity index (χ0) is 23.1. The van der Waals surface area contributed by atoms with Crippen molar-refractivity contribution in [3.63, 3.8) is 0 Å². The van der Waals surface area contributed by atoms with Crippen molar-refractivity contribution < 1.29 is 4.79 Å². The lowest BCUT2D eigenvalue weighted by Crippen LogP contribution is -2.50. The first-order valence-corrected chi connectivity index (χ1v) is 11.6. The number of amides is 1. The Bertz CT molecular complexity index is 1480. The summed E-state index contributed by atoms with van der Waals surface area (Å²) in [4.78, 5) is 33.4. The number of aromatic amines is 2. The third kappa shape index (κ3) is 3.74. The lowest BCUT2D eigenvalue weighted by molar-refractivity contribution is -0.135. The summed E-state index contributed by atoms with van der Waals surface area (Å²) in [5, 5.41) is 3.40. The molecule has 6 rings (SSSR count). The van der Waals surface area contributed by atoms with Gasteiger partial charge in [-0.05, 0) is 41.6 Å². The number of H-pyrrole nitrogens is 2. The summed E-state index contributed by atoms with van der Waals surface area (Å²) in [6, 6.07) is 18.5. The van der Waals surface area contributed by atoms with Gasteiger partial charge < -0.3 is 19.8 Å². The van der Waals surface area contributed by atoms with Crippen molar-refractivity contribution >= 4 is 27.7 Å². The van der Waals surface area contributed by atoms with Crippen LogP contribution in [-0.2, 0) is 11.2 Å². The maximum atomic E-state index is 13.5. The van der Waals surface area contributed by atoms with Gasteiger partial charge in [0.2, 0.25) is 5.91 Å². The largest absolute Gasteiger partial charge is 0.346 e. The van der Waals surface area contributed by atoms with E-state index in [-0.39, 0.29) is 11.9 Å². The van der Waals surface area contributed by atoms with Gasteiger partial charge in [0.05, 0.1) is 18.3 Å². The van der Waals surface area contributed by atoms with Gasteiger partial charge in [0.25, 0.3) is 0 Å². The van der Waals surface area contributed by atoms with Crippen LogP contribution in [0.5, 0.6) is 0 Å².